The minimum absolute atomic E-state index is 0.0154. The van der Waals surface area contributed by atoms with Crippen molar-refractivity contribution in [3.63, 3.8) is 0 Å². The molecule has 0 saturated carbocycles. The van der Waals surface area contributed by atoms with Gasteiger partial charge in [0.2, 0.25) is 17.5 Å². The maximum Gasteiger partial charge on any atom is 0.414 e. The molecule has 1 rings (SSSR count). The highest BCUT2D eigenvalue weighted by Gasteiger charge is 2.26. The Bertz CT molecular complexity index is 513. The van der Waals surface area contributed by atoms with Gasteiger partial charge in [-0.2, -0.15) is 10.2 Å². The Morgan fingerprint density at radius 2 is 1.89 bits per heavy atom. The highest BCUT2D eigenvalue weighted by Crippen LogP contribution is 2.27. The first kappa shape index (κ1) is 15.0. The molecule has 19 heavy (non-hydrogen) atoms. The fourth-order valence-corrected chi connectivity index (χ4v) is 1.20. The third-order valence-corrected chi connectivity index (χ3v) is 1.99. The van der Waals surface area contributed by atoms with E-state index in [9.17, 15) is 4.79 Å². The maximum atomic E-state index is 11.6. The molecule has 1 amide bonds. The quantitative estimate of drug-likeness (QED) is 0.842. The molecule has 0 aliphatic rings. The Kier molecular flexibility index (Phi) is 3.89. The van der Waals surface area contributed by atoms with Gasteiger partial charge in [0.25, 0.3) is 0 Å². The number of carbonyl (C=O) groups is 1. The van der Waals surface area contributed by atoms with E-state index in [1.165, 1.54) is 0 Å². The number of anilines is 1. The zero-order valence-electron chi connectivity index (χ0n) is 12.1. The number of rotatable bonds is 1. The lowest BCUT2D eigenvalue weighted by Crippen LogP contribution is -2.27. The number of nitrogens with one attached hydrogen (secondary N) is 1. The molecule has 1 heterocycles. The summed E-state index contributed by atoms with van der Waals surface area (Å²) in [4.78, 5) is 15.7. The van der Waals surface area contributed by atoms with Crippen molar-refractivity contribution in [3.05, 3.63) is 11.6 Å². The Labute approximate surface area is 112 Å². The summed E-state index contributed by atoms with van der Waals surface area (Å²) in [5, 5.41) is 11.4. The van der Waals surface area contributed by atoms with Crippen molar-refractivity contribution in [1.29, 1.82) is 5.26 Å². The predicted octanol–water partition coefficient (Wildman–Crippen LogP) is 3.19. The molecule has 1 N–H and O–H groups in total. The van der Waals surface area contributed by atoms with Gasteiger partial charge in [0.1, 0.15) is 11.7 Å². The summed E-state index contributed by atoms with van der Waals surface area (Å²) in [5.74, 6) is 0.400. The van der Waals surface area contributed by atoms with Crippen LogP contribution in [0, 0.1) is 11.3 Å². The third-order valence-electron chi connectivity index (χ3n) is 1.99. The van der Waals surface area contributed by atoms with E-state index in [0.29, 0.717) is 5.89 Å². The van der Waals surface area contributed by atoms with Gasteiger partial charge in [0.05, 0.1) is 0 Å². The van der Waals surface area contributed by atoms with Crippen molar-refractivity contribution in [3.8, 4) is 6.07 Å². The number of ether oxygens (including phenoxy) is 1. The summed E-state index contributed by atoms with van der Waals surface area (Å²) in [6.07, 6.45) is -0.680. The molecule has 6 nitrogen and oxygen atoms in total. The molecule has 104 valence electrons. The van der Waals surface area contributed by atoms with Crippen molar-refractivity contribution in [1.82, 2.24) is 4.98 Å². The van der Waals surface area contributed by atoms with Gasteiger partial charge in [-0.15, -0.1) is 0 Å². The molecular weight excluding hydrogens is 246 g/mol. The zero-order chi connectivity index (χ0) is 14.8. The summed E-state index contributed by atoms with van der Waals surface area (Å²) >= 11 is 0. The molecule has 0 aromatic carbocycles. The van der Waals surface area contributed by atoms with Crippen LogP contribution < -0.4 is 5.32 Å². The highest BCUT2D eigenvalue weighted by atomic mass is 16.6. The topological polar surface area (TPSA) is 88.2 Å². The molecule has 0 radical (unpaired) electrons. The Hall–Kier alpha value is -2.03. The molecule has 1 aromatic rings. The smallest absolute Gasteiger partial charge is 0.414 e. The minimum Gasteiger partial charge on any atom is -0.444 e. The lowest BCUT2D eigenvalue weighted by molar-refractivity contribution is 0.0632. The number of hydrogen-bond donors (Lipinski definition) is 1. The van der Waals surface area contributed by atoms with Crippen molar-refractivity contribution < 1.29 is 13.9 Å². The van der Waals surface area contributed by atoms with Crippen LogP contribution in [0.1, 0.15) is 53.1 Å². The van der Waals surface area contributed by atoms with E-state index in [0.717, 1.165) is 0 Å². The van der Waals surface area contributed by atoms with Crippen LogP contribution >= 0.6 is 0 Å². The van der Waals surface area contributed by atoms with Gasteiger partial charge in [-0.3, -0.25) is 5.32 Å². The number of aromatic nitrogens is 1. The molecule has 1 aromatic heterocycles. The number of carbonyl (C=O) groups excluding carboxylic acids is 1. The van der Waals surface area contributed by atoms with Crippen LogP contribution in [0.2, 0.25) is 0 Å². The molecule has 0 aliphatic heterocycles. The van der Waals surface area contributed by atoms with E-state index in [2.05, 4.69) is 10.3 Å². The summed E-state index contributed by atoms with van der Waals surface area (Å²) in [5.41, 5.74) is -0.931. The molecule has 0 unspecified atom stereocenters. The van der Waals surface area contributed by atoms with Gasteiger partial charge in [0, 0.05) is 5.41 Å². The van der Waals surface area contributed by atoms with Crippen LogP contribution in [0.5, 0.6) is 0 Å². The van der Waals surface area contributed by atoms with Crippen LogP contribution in [-0.2, 0) is 10.2 Å². The minimum atomic E-state index is -0.680. The molecule has 0 bridgehead atoms. The third kappa shape index (κ3) is 4.28. The first-order chi connectivity index (χ1) is 8.53. The monoisotopic (exact) mass is 265 g/mol. The lowest BCUT2D eigenvalue weighted by Gasteiger charge is -2.19. The second-order valence-corrected chi connectivity index (χ2v) is 6.19. The van der Waals surface area contributed by atoms with Gasteiger partial charge in [-0.1, -0.05) is 20.8 Å². The van der Waals surface area contributed by atoms with E-state index in [4.69, 9.17) is 14.4 Å². The standard InChI is InChI=1S/C13H19N3O3/c1-12(2,3)10-15-8(7-14)9(18-10)16-11(17)19-13(4,5)6/h1-6H3,(H,16,17). The molecule has 0 fully saturated rings. The molecule has 6 heteroatoms. The average Bonchev–Trinajstić information content (AvgIpc) is 2.57. The van der Waals surface area contributed by atoms with Crippen molar-refractivity contribution in [2.75, 3.05) is 5.32 Å². The van der Waals surface area contributed by atoms with E-state index in [1.54, 1.807) is 20.8 Å². The van der Waals surface area contributed by atoms with Crippen LogP contribution in [0.15, 0.2) is 4.42 Å². The largest absolute Gasteiger partial charge is 0.444 e. The fraction of sp³-hybridized carbons (Fsp3) is 0.615. The van der Waals surface area contributed by atoms with Gasteiger partial charge >= 0.3 is 6.09 Å². The predicted molar refractivity (Wildman–Crippen MR) is 69.8 cm³/mol. The summed E-state index contributed by atoms with van der Waals surface area (Å²) in [7, 11) is 0. The highest BCUT2D eigenvalue weighted by molar-refractivity contribution is 5.84. The Morgan fingerprint density at radius 1 is 1.32 bits per heavy atom. The van der Waals surface area contributed by atoms with Gasteiger partial charge in [-0.05, 0) is 20.8 Å². The number of oxazole rings is 1. The summed E-state index contributed by atoms with van der Waals surface area (Å²) in [6.45, 7) is 10.9. The molecule has 0 spiro atoms. The van der Waals surface area contributed by atoms with Crippen LogP contribution in [0.4, 0.5) is 10.7 Å². The van der Waals surface area contributed by atoms with Crippen LogP contribution in [0.3, 0.4) is 0 Å². The lowest BCUT2D eigenvalue weighted by atomic mass is 9.97. The SMILES string of the molecule is CC(C)(C)OC(=O)Nc1oc(C(C)(C)C)nc1C#N. The second-order valence-electron chi connectivity index (χ2n) is 6.19. The number of nitrogens with zero attached hydrogens (tertiary/aromatic N) is 2. The van der Waals surface area contributed by atoms with E-state index >= 15 is 0 Å². The fourth-order valence-electron chi connectivity index (χ4n) is 1.20. The molecule has 0 saturated heterocycles. The molecular formula is C13H19N3O3. The van der Waals surface area contributed by atoms with E-state index < -0.39 is 11.7 Å². The summed E-state index contributed by atoms with van der Waals surface area (Å²) in [6, 6.07) is 1.88. The van der Waals surface area contributed by atoms with Crippen molar-refractivity contribution in [2.24, 2.45) is 0 Å². The van der Waals surface area contributed by atoms with Crippen molar-refractivity contribution >= 4 is 12.0 Å². The maximum absolute atomic E-state index is 11.6. The zero-order valence-corrected chi connectivity index (χ0v) is 12.1. The van der Waals surface area contributed by atoms with Gasteiger partial charge in [0.15, 0.2) is 0 Å². The first-order valence-corrected chi connectivity index (χ1v) is 5.94. The van der Waals surface area contributed by atoms with Gasteiger partial charge < -0.3 is 9.15 Å². The van der Waals surface area contributed by atoms with Crippen LogP contribution in [-0.4, -0.2) is 16.7 Å². The van der Waals surface area contributed by atoms with Crippen LogP contribution in [0.25, 0.3) is 0 Å². The number of nitriles is 1. The van der Waals surface area contributed by atoms with Crippen molar-refractivity contribution in [2.45, 2.75) is 52.6 Å². The first-order valence-electron chi connectivity index (χ1n) is 5.94. The van der Waals surface area contributed by atoms with Gasteiger partial charge in [-0.25, -0.2) is 4.79 Å². The Morgan fingerprint density at radius 3 is 2.32 bits per heavy atom. The number of amides is 1. The number of hydrogen-bond acceptors (Lipinski definition) is 5. The summed E-state index contributed by atoms with van der Waals surface area (Å²) < 4.78 is 10.5. The van der Waals surface area contributed by atoms with E-state index in [-0.39, 0.29) is 17.0 Å². The van der Waals surface area contributed by atoms with E-state index in [1.807, 2.05) is 26.8 Å². The Balaban J connectivity index is 2.93. The average molecular weight is 265 g/mol. The molecule has 0 atom stereocenters. The normalized spacial score (nSPS) is 11.8. The molecule has 0 aliphatic carbocycles. The second kappa shape index (κ2) is 4.92.